The molecule has 1 atom stereocenters. The molecule has 2 aromatic rings. The maximum absolute atomic E-state index is 12.7. The number of rotatable bonds is 8. The van der Waals surface area contributed by atoms with Crippen LogP contribution >= 0.6 is 24.0 Å². The first kappa shape index (κ1) is 23.2. The molecule has 2 heterocycles. The molecular weight excluding hydrogens is 458 g/mol. The summed E-state index contributed by atoms with van der Waals surface area (Å²) in [6.45, 7) is 2.00. The molecule has 2 N–H and O–H groups in total. The topological polar surface area (TPSA) is 134 Å². The number of thioether (sulfide) groups is 1. The van der Waals surface area contributed by atoms with Gasteiger partial charge in [0, 0.05) is 11.6 Å². The fourth-order valence-corrected chi connectivity index (χ4v) is 4.24. The first-order chi connectivity index (χ1) is 15.2. The highest BCUT2D eigenvalue weighted by Crippen LogP contribution is 2.35. The number of carboxylic acid groups (broad SMARTS) is 2. The fraction of sp³-hybridized carbons (Fsp3) is 0.190. The Labute approximate surface area is 191 Å². The van der Waals surface area contributed by atoms with E-state index in [4.69, 9.17) is 26.5 Å². The number of carboxylic acids is 2. The molecule has 32 heavy (non-hydrogen) atoms. The monoisotopic (exact) mass is 475 g/mol. The second-order valence-electron chi connectivity index (χ2n) is 6.50. The molecule has 1 aromatic heterocycles. The van der Waals surface area contributed by atoms with Crippen LogP contribution in [0.3, 0.4) is 0 Å². The molecule has 0 saturated carbocycles. The fourth-order valence-electron chi connectivity index (χ4n) is 2.90. The number of thiocarbonyl (C=S) groups is 1. The van der Waals surface area contributed by atoms with Crippen LogP contribution in [0.4, 0.5) is 0 Å². The van der Waals surface area contributed by atoms with Gasteiger partial charge >= 0.3 is 17.9 Å². The number of hydrogen-bond donors (Lipinski definition) is 2. The highest BCUT2D eigenvalue weighted by Gasteiger charge is 2.41. The molecule has 0 bridgehead atoms. The first-order valence-electron chi connectivity index (χ1n) is 9.30. The summed E-state index contributed by atoms with van der Waals surface area (Å²) in [6.07, 6.45) is 0.636. The Hall–Kier alpha value is -3.44. The Morgan fingerprint density at radius 1 is 1.19 bits per heavy atom. The number of esters is 1. The minimum atomic E-state index is -1.60. The summed E-state index contributed by atoms with van der Waals surface area (Å²) in [4.78, 5) is 47.8. The number of benzene rings is 1. The Bertz CT molecular complexity index is 1120. The van der Waals surface area contributed by atoms with Gasteiger partial charge < -0.3 is 19.4 Å². The molecule has 9 nitrogen and oxygen atoms in total. The number of furan rings is 1. The van der Waals surface area contributed by atoms with Gasteiger partial charge in [-0.25, -0.2) is 9.59 Å². The number of nitrogens with zero attached hydrogens (tertiary/aromatic N) is 1. The Morgan fingerprint density at radius 3 is 2.47 bits per heavy atom. The molecule has 1 unspecified atom stereocenters. The number of hydrogen-bond acceptors (Lipinski definition) is 8. The van der Waals surface area contributed by atoms with E-state index in [2.05, 4.69) is 0 Å². The number of amides is 1. The normalized spacial score (nSPS) is 15.8. The van der Waals surface area contributed by atoms with Crippen molar-refractivity contribution in [1.82, 2.24) is 4.90 Å². The maximum Gasteiger partial charge on any atom is 0.338 e. The predicted octanol–water partition coefficient (Wildman–Crippen LogP) is 3.25. The summed E-state index contributed by atoms with van der Waals surface area (Å²) in [5.74, 6) is -3.15. The Kier molecular flexibility index (Phi) is 7.11. The van der Waals surface area contributed by atoms with Crippen LogP contribution in [0.5, 0.6) is 0 Å². The second kappa shape index (κ2) is 9.79. The predicted molar refractivity (Wildman–Crippen MR) is 119 cm³/mol. The quantitative estimate of drug-likeness (QED) is 0.333. The molecule has 1 fully saturated rings. The lowest BCUT2D eigenvalue weighted by Crippen LogP contribution is -2.45. The smallest absolute Gasteiger partial charge is 0.338 e. The Balaban J connectivity index is 1.79. The summed E-state index contributed by atoms with van der Waals surface area (Å²) in [5.41, 5.74) is 1.10. The second-order valence-corrected chi connectivity index (χ2v) is 8.18. The van der Waals surface area contributed by atoms with Crippen molar-refractivity contribution in [1.29, 1.82) is 0 Å². The lowest BCUT2D eigenvalue weighted by atomic mass is 10.1. The highest BCUT2D eigenvalue weighted by molar-refractivity contribution is 8.26. The van der Waals surface area contributed by atoms with E-state index in [1.807, 2.05) is 0 Å². The summed E-state index contributed by atoms with van der Waals surface area (Å²) in [7, 11) is 0. The molecule has 1 aromatic carbocycles. The van der Waals surface area contributed by atoms with Gasteiger partial charge in [-0.15, -0.1) is 0 Å². The van der Waals surface area contributed by atoms with E-state index in [-0.39, 0.29) is 15.8 Å². The van der Waals surface area contributed by atoms with Crippen molar-refractivity contribution in [2.75, 3.05) is 6.61 Å². The van der Waals surface area contributed by atoms with E-state index >= 15 is 0 Å². The summed E-state index contributed by atoms with van der Waals surface area (Å²) < 4.78 is 10.6. The van der Waals surface area contributed by atoms with E-state index in [0.29, 0.717) is 22.6 Å². The van der Waals surface area contributed by atoms with Gasteiger partial charge in [0.25, 0.3) is 5.91 Å². The van der Waals surface area contributed by atoms with Crippen molar-refractivity contribution in [2.45, 2.75) is 19.4 Å². The number of carbonyl (C=O) groups is 4. The highest BCUT2D eigenvalue weighted by atomic mass is 32.2. The van der Waals surface area contributed by atoms with Gasteiger partial charge in [0.15, 0.2) is 0 Å². The summed E-state index contributed by atoms with van der Waals surface area (Å²) >= 11 is 5.96. The van der Waals surface area contributed by atoms with E-state index in [9.17, 15) is 24.3 Å². The van der Waals surface area contributed by atoms with Crippen LogP contribution in [-0.4, -0.2) is 55.9 Å². The standard InChI is InChI=1S/C21H17NO8S2/c1-2-29-20(28)12-5-3-11(4-6-12)15-8-7-13(30-15)9-16-18(25)22(21(31)32-16)14(19(26)27)10-17(23)24/h3-9,14H,2,10H2,1H3,(H,23,24)(H,26,27)/b16-9-. The molecule has 0 aliphatic carbocycles. The largest absolute Gasteiger partial charge is 0.481 e. The van der Waals surface area contributed by atoms with Crippen molar-refractivity contribution < 1.29 is 38.5 Å². The van der Waals surface area contributed by atoms with Crippen LogP contribution < -0.4 is 0 Å². The van der Waals surface area contributed by atoms with Crippen molar-refractivity contribution in [3.8, 4) is 11.3 Å². The minimum absolute atomic E-state index is 0.0452. The molecule has 3 rings (SSSR count). The molecular formula is C21H17NO8S2. The molecule has 0 radical (unpaired) electrons. The van der Waals surface area contributed by atoms with Crippen molar-refractivity contribution in [2.24, 2.45) is 0 Å². The molecule has 1 aliphatic heterocycles. The molecule has 1 amide bonds. The lowest BCUT2D eigenvalue weighted by molar-refractivity contribution is -0.150. The molecule has 0 spiro atoms. The Morgan fingerprint density at radius 2 is 1.88 bits per heavy atom. The zero-order valence-corrected chi connectivity index (χ0v) is 18.3. The minimum Gasteiger partial charge on any atom is -0.481 e. The summed E-state index contributed by atoms with van der Waals surface area (Å²) in [5, 5.41) is 18.3. The van der Waals surface area contributed by atoms with Gasteiger partial charge in [0.05, 0.1) is 23.5 Å². The summed E-state index contributed by atoms with van der Waals surface area (Å²) in [6, 6.07) is 8.29. The first-order valence-corrected chi connectivity index (χ1v) is 10.5. The zero-order chi connectivity index (χ0) is 23.4. The van der Waals surface area contributed by atoms with Crippen LogP contribution in [-0.2, 0) is 19.1 Å². The van der Waals surface area contributed by atoms with Gasteiger partial charge in [-0.3, -0.25) is 14.5 Å². The van der Waals surface area contributed by atoms with Crippen molar-refractivity contribution in [3.63, 3.8) is 0 Å². The van der Waals surface area contributed by atoms with E-state index in [1.165, 1.54) is 6.08 Å². The van der Waals surface area contributed by atoms with Crippen molar-refractivity contribution in [3.05, 3.63) is 52.6 Å². The van der Waals surface area contributed by atoms with Crippen LogP contribution in [0, 0.1) is 0 Å². The third-order valence-corrected chi connectivity index (χ3v) is 5.70. The SMILES string of the molecule is CCOC(=O)c1ccc(-c2ccc(/C=C3\SC(=S)N(C(CC(=O)O)C(=O)O)C3=O)o2)cc1. The van der Waals surface area contributed by atoms with Gasteiger partial charge in [-0.1, -0.05) is 36.1 Å². The zero-order valence-electron chi connectivity index (χ0n) is 16.6. The molecule has 11 heteroatoms. The number of aliphatic carboxylic acids is 2. The van der Waals surface area contributed by atoms with Crippen LogP contribution in [0.15, 0.2) is 45.7 Å². The van der Waals surface area contributed by atoms with Gasteiger partial charge in [-0.2, -0.15) is 0 Å². The van der Waals surface area contributed by atoms with E-state index < -0.39 is 36.3 Å². The van der Waals surface area contributed by atoms with Gasteiger partial charge in [0.1, 0.15) is 21.9 Å². The molecule has 1 aliphatic rings. The van der Waals surface area contributed by atoms with Gasteiger partial charge in [0.2, 0.25) is 0 Å². The van der Waals surface area contributed by atoms with Crippen LogP contribution in [0.25, 0.3) is 17.4 Å². The third kappa shape index (κ3) is 5.06. The van der Waals surface area contributed by atoms with E-state index in [1.54, 1.807) is 43.3 Å². The molecule has 166 valence electrons. The maximum atomic E-state index is 12.7. The number of ether oxygens (including phenoxy) is 1. The third-order valence-electron chi connectivity index (χ3n) is 4.37. The van der Waals surface area contributed by atoms with Crippen LogP contribution in [0.2, 0.25) is 0 Å². The van der Waals surface area contributed by atoms with Crippen molar-refractivity contribution >= 4 is 58.2 Å². The average molecular weight is 476 g/mol. The number of carbonyl (C=O) groups excluding carboxylic acids is 2. The van der Waals surface area contributed by atoms with Gasteiger partial charge in [-0.05, 0) is 31.2 Å². The molecule has 1 saturated heterocycles. The van der Waals surface area contributed by atoms with E-state index in [0.717, 1.165) is 16.7 Å². The average Bonchev–Trinajstić information content (AvgIpc) is 3.31. The lowest BCUT2D eigenvalue weighted by Gasteiger charge is -2.21. The van der Waals surface area contributed by atoms with Crippen LogP contribution in [0.1, 0.15) is 29.5 Å².